The maximum absolute atomic E-state index is 12.1. The number of halogens is 1. The monoisotopic (exact) mass is 133 g/mol. The van der Waals surface area contributed by atoms with Crippen LogP contribution in [0.1, 0.15) is 27.2 Å². The highest BCUT2D eigenvalue weighted by Gasteiger charge is 1.99. The van der Waals surface area contributed by atoms with E-state index in [-0.39, 0.29) is 0 Å². The second kappa shape index (κ2) is 4.74. The van der Waals surface area contributed by atoms with Crippen LogP contribution in [0, 0.1) is 0 Å². The summed E-state index contributed by atoms with van der Waals surface area (Å²) >= 11 is 0. The quantitative estimate of drug-likeness (QED) is 0.616. The molecule has 0 fully saturated rings. The van der Waals surface area contributed by atoms with Crippen molar-refractivity contribution in [3.8, 4) is 0 Å². The Labute approximate surface area is 56.6 Å². The molecule has 1 nitrogen and oxygen atoms in total. The average Bonchev–Trinajstić information content (AvgIpc) is 1.83. The first-order valence-electron chi connectivity index (χ1n) is 3.54. The van der Waals surface area contributed by atoms with Gasteiger partial charge in [0.25, 0.3) is 0 Å². The van der Waals surface area contributed by atoms with E-state index in [1.165, 1.54) is 0 Å². The molecule has 0 aromatic heterocycles. The van der Waals surface area contributed by atoms with E-state index >= 15 is 0 Å². The van der Waals surface area contributed by atoms with Crippen LogP contribution < -0.4 is 5.32 Å². The standard InChI is InChI=1S/C7H16FN/c1-4-7(3)9-5-6(2)8/h6-7,9H,4-5H2,1-3H3. The largest absolute Gasteiger partial charge is 0.311 e. The lowest BCUT2D eigenvalue weighted by Crippen LogP contribution is -2.30. The molecule has 0 aliphatic carbocycles. The Morgan fingerprint density at radius 2 is 2.00 bits per heavy atom. The molecule has 0 spiro atoms. The number of nitrogens with one attached hydrogen (secondary N) is 1. The lowest BCUT2D eigenvalue weighted by atomic mass is 10.2. The number of rotatable bonds is 4. The van der Waals surface area contributed by atoms with Crippen molar-refractivity contribution in [3.05, 3.63) is 0 Å². The Hall–Kier alpha value is -0.110. The van der Waals surface area contributed by atoms with Gasteiger partial charge < -0.3 is 5.32 Å². The van der Waals surface area contributed by atoms with Crippen LogP contribution in [0.4, 0.5) is 4.39 Å². The van der Waals surface area contributed by atoms with Gasteiger partial charge in [0.1, 0.15) is 6.17 Å². The van der Waals surface area contributed by atoms with E-state index in [1.54, 1.807) is 6.92 Å². The molecular formula is C7H16FN. The smallest absolute Gasteiger partial charge is 0.110 e. The van der Waals surface area contributed by atoms with Crippen molar-refractivity contribution >= 4 is 0 Å². The zero-order valence-corrected chi connectivity index (χ0v) is 6.45. The van der Waals surface area contributed by atoms with Crippen molar-refractivity contribution in [2.24, 2.45) is 0 Å². The molecule has 0 saturated heterocycles. The summed E-state index contributed by atoms with van der Waals surface area (Å²) in [6.07, 6.45) is 0.339. The first kappa shape index (κ1) is 8.89. The first-order chi connectivity index (χ1) is 4.16. The van der Waals surface area contributed by atoms with Crippen molar-refractivity contribution in [2.45, 2.75) is 39.4 Å². The highest BCUT2D eigenvalue weighted by Crippen LogP contribution is 1.90. The van der Waals surface area contributed by atoms with E-state index < -0.39 is 6.17 Å². The SMILES string of the molecule is CCC(C)NCC(C)F. The Bertz CT molecular complexity index is 63.9. The highest BCUT2D eigenvalue weighted by molar-refractivity contribution is 4.59. The molecule has 2 unspecified atom stereocenters. The van der Waals surface area contributed by atoms with Crippen LogP contribution in [-0.4, -0.2) is 18.8 Å². The Morgan fingerprint density at radius 3 is 2.33 bits per heavy atom. The van der Waals surface area contributed by atoms with Gasteiger partial charge in [0.15, 0.2) is 0 Å². The second-order valence-corrected chi connectivity index (χ2v) is 2.50. The molecule has 56 valence electrons. The van der Waals surface area contributed by atoms with Gasteiger partial charge in [-0.05, 0) is 20.3 Å². The summed E-state index contributed by atoms with van der Waals surface area (Å²) < 4.78 is 12.1. The van der Waals surface area contributed by atoms with Gasteiger partial charge in [-0.1, -0.05) is 6.92 Å². The summed E-state index contributed by atoms with van der Waals surface area (Å²) in [5, 5.41) is 3.06. The van der Waals surface area contributed by atoms with Crippen LogP contribution in [-0.2, 0) is 0 Å². The van der Waals surface area contributed by atoms with Crippen LogP contribution in [0.2, 0.25) is 0 Å². The van der Waals surface area contributed by atoms with Crippen molar-refractivity contribution < 1.29 is 4.39 Å². The normalized spacial score (nSPS) is 17.3. The topological polar surface area (TPSA) is 12.0 Å². The van der Waals surface area contributed by atoms with E-state index in [9.17, 15) is 4.39 Å². The van der Waals surface area contributed by atoms with Crippen LogP contribution in [0.15, 0.2) is 0 Å². The molecule has 0 rings (SSSR count). The minimum atomic E-state index is -0.723. The van der Waals surface area contributed by atoms with Crippen molar-refractivity contribution in [1.29, 1.82) is 0 Å². The predicted molar refractivity (Wildman–Crippen MR) is 38.3 cm³/mol. The minimum absolute atomic E-state index is 0.447. The second-order valence-electron chi connectivity index (χ2n) is 2.50. The fraction of sp³-hybridized carbons (Fsp3) is 1.00. The average molecular weight is 133 g/mol. The Morgan fingerprint density at radius 1 is 1.44 bits per heavy atom. The maximum atomic E-state index is 12.1. The van der Waals surface area contributed by atoms with E-state index in [2.05, 4.69) is 19.2 Å². The van der Waals surface area contributed by atoms with E-state index in [0.29, 0.717) is 12.6 Å². The molecule has 0 aliphatic heterocycles. The Balaban J connectivity index is 3.06. The summed E-state index contributed by atoms with van der Waals surface area (Å²) in [6, 6.07) is 0.447. The zero-order chi connectivity index (χ0) is 7.28. The number of alkyl halides is 1. The number of hydrogen-bond acceptors (Lipinski definition) is 1. The van der Waals surface area contributed by atoms with Crippen LogP contribution in [0.3, 0.4) is 0 Å². The summed E-state index contributed by atoms with van der Waals surface area (Å²) in [5.41, 5.74) is 0. The third kappa shape index (κ3) is 5.77. The minimum Gasteiger partial charge on any atom is -0.311 e. The lowest BCUT2D eigenvalue weighted by Gasteiger charge is -2.10. The van der Waals surface area contributed by atoms with Crippen LogP contribution in [0.25, 0.3) is 0 Å². The van der Waals surface area contributed by atoms with E-state index in [1.807, 2.05) is 0 Å². The molecule has 0 aromatic rings. The summed E-state index contributed by atoms with van der Waals surface area (Å²) in [7, 11) is 0. The van der Waals surface area contributed by atoms with E-state index in [0.717, 1.165) is 6.42 Å². The predicted octanol–water partition coefficient (Wildman–Crippen LogP) is 1.73. The van der Waals surface area contributed by atoms with Crippen LogP contribution in [0.5, 0.6) is 0 Å². The van der Waals surface area contributed by atoms with Gasteiger partial charge in [-0.3, -0.25) is 0 Å². The first-order valence-corrected chi connectivity index (χ1v) is 3.54. The van der Waals surface area contributed by atoms with E-state index in [4.69, 9.17) is 0 Å². The van der Waals surface area contributed by atoms with Gasteiger partial charge >= 0.3 is 0 Å². The Kier molecular flexibility index (Phi) is 4.68. The molecule has 2 atom stereocenters. The fourth-order valence-electron chi connectivity index (χ4n) is 0.508. The van der Waals surface area contributed by atoms with Gasteiger partial charge in [-0.25, -0.2) is 4.39 Å². The molecule has 0 bridgehead atoms. The zero-order valence-electron chi connectivity index (χ0n) is 6.45. The lowest BCUT2D eigenvalue weighted by molar-refractivity contribution is 0.330. The molecule has 0 radical (unpaired) electrons. The summed E-state index contributed by atoms with van der Waals surface area (Å²) in [4.78, 5) is 0. The van der Waals surface area contributed by atoms with Crippen molar-refractivity contribution in [2.75, 3.05) is 6.54 Å². The highest BCUT2D eigenvalue weighted by atomic mass is 19.1. The van der Waals surface area contributed by atoms with Gasteiger partial charge in [0.2, 0.25) is 0 Å². The summed E-state index contributed by atoms with van der Waals surface area (Å²) in [5.74, 6) is 0. The van der Waals surface area contributed by atoms with Gasteiger partial charge in [0.05, 0.1) is 0 Å². The van der Waals surface area contributed by atoms with Gasteiger partial charge in [0, 0.05) is 12.6 Å². The molecular weight excluding hydrogens is 117 g/mol. The van der Waals surface area contributed by atoms with Crippen molar-refractivity contribution in [1.82, 2.24) is 5.32 Å². The third-order valence-corrected chi connectivity index (χ3v) is 1.36. The molecule has 9 heavy (non-hydrogen) atoms. The van der Waals surface area contributed by atoms with Crippen LogP contribution >= 0.6 is 0 Å². The number of hydrogen-bond donors (Lipinski definition) is 1. The molecule has 0 saturated carbocycles. The fourth-order valence-corrected chi connectivity index (χ4v) is 0.508. The molecule has 0 aromatic carbocycles. The van der Waals surface area contributed by atoms with Gasteiger partial charge in [-0.2, -0.15) is 0 Å². The molecule has 1 N–H and O–H groups in total. The summed E-state index contributed by atoms with van der Waals surface area (Å²) in [6.45, 7) is 6.19. The molecule has 0 amide bonds. The van der Waals surface area contributed by atoms with Crippen molar-refractivity contribution in [3.63, 3.8) is 0 Å². The third-order valence-electron chi connectivity index (χ3n) is 1.36. The molecule has 0 aliphatic rings. The molecule has 2 heteroatoms. The van der Waals surface area contributed by atoms with Gasteiger partial charge in [-0.15, -0.1) is 0 Å². The molecule has 0 heterocycles. The maximum Gasteiger partial charge on any atom is 0.110 e.